The summed E-state index contributed by atoms with van der Waals surface area (Å²) in [5, 5.41) is 0. The molecule has 0 heterocycles. The van der Waals surface area contributed by atoms with Crippen molar-refractivity contribution in [3.8, 4) is 0 Å². The van der Waals surface area contributed by atoms with Crippen molar-refractivity contribution in [3.63, 3.8) is 0 Å². The molecule has 17 heavy (non-hydrogen) atoms. The SMILES string of the molecule is COCC(Br)CN(C)C(=O)C1CCC(C)CC1. The van der Waals surface area contributed by atoms with Crippen LogP contribution in [0.3, 0.4) is 0 Å². The maximum atomic E-state index is 12.2. The van der Waals surface area contributed by atoms with Gasteiger partial charge in [-0.15, -0.1) is 0 Å². The first-order valence-electron chi connectivity index (χ1n) is 6.42. The summed E-state index contributed by atoms with van der Waals surface area (Å²) in [4.78, 5) is 14.3. The second kappa shape index (κ2) is 7.37. The van der Waals surface area contributed by atoms with Crippen molar-refractivity contribution in [3.05, 3.63) is 0 Å². The zero-order valence-corrected chi connectivity index (χ0v) is 12.7. The normalized spacial score (nSPS) is 26.6. The lowest BCUT2D eigenvalue weighted by molar-refractivity contribution is -0.135. The molecule has 0 aromatic carbocycles. The smallest absolute Gasteiger partial charge is 0.225 e. The Labute approximate surface area is 113 Å². The van der Waals surface area contributed by atoms with Crippen molar-refractivity contribution in [2.75, 3.05) is 27.3 Å². The third-order valence-electron chi connectivity index (χ3n) is 3.56. The van der Waals surface area contributed by atoms with Crippen molar-refractivity contribution in [2.45, 2.75) is 37.4 Å². The van der Waals surface area contributed by atoms with E-state index in [1.54, 1.807) is 7.11 Å². The molecule has 0 radical (unpaired) electrons. The van der Waals surface area contributed by atoms with E-state index >= 15 is 0 Å². The summed E-state index contributed by atoms with van der Waals surface area (Å²) in [6, 6.07) is 0. The standard InChI is InChI=1S/C13H24BrNO2/c1-10-4-6-11(7-5-10)13(16)15(2)8-12(14)9-17-3/h10-12H,4-9H2,1-3H3. The minimum atomic E-state index is 0.226. The Morgan fingerprint density at radius 2 is 2.00 bits per heavy atom. The molecule has 0 N–H and O–H groups in total. The minimum Gasteiger partial charge on any atom is -0.383 e. The van der Waals surface area contributed by atoms with Crippen LogP contribution in [0, 0.1) is 11.8 Å². The van der Waals surface area contributed by atoms with Crippen LogP contribution in [0.4, 0.5) is 0 Å². The molecule has 1 atom stereocenters. The first-order valence-corrected chi connectivity index (χ1v) is 7.34. The summed E-state index contributed by atoms with van der Waals surface area (Å²) in [5.41, 5.74) is 0. The molecule has 1 amide bonds. The molecule has 1 aliphatic rings. The molecule has 0 saturated heterocycles. The summed E-state index contributed by atoms with van der Waals surface area (Å²) in [6.07, 6.45) is 4.50. The van der Waals surface area contributed by atoms with Crippen LogP contribution in [-0.4, -0.2) is 42.9 Å². The first kappa shape index (κ1) is 15.0. The number of carbonyl (C=O) groups excluding carboxylic acids is 1. The topological polar surface area (TPSA) is 29.5 Å². The highest BCUT2D eigenvalue weighted by atomic mass is 79.9. The molecule has 0 bridgehead atoms. The van der Waals surface area contributed by atoms with E-state index in [4.69, 9.17) is 4.74 Å². The highest BCUT2D eigenvalue weighted by Crippen LogP contribution is 2.29. The van der Waals surface area contributed by atoms with E-state index < -0.39 is 0 Å². The lowest BCUT2D eigenvalue weighted by Crippen LogP contribution is -2.38. The molecule has 0 aliphatic heterocycles. The molecule has 4 heteroatoms. The molecule has 3 nitrogen and oxygen atoms in total. The molecule has 0 aromatic rings. The zero-order chi connectivity index (χ0) is 12.8. The van der Waals surface area contributed by atoms with Gasteiger partial charge in [0.2, 0.25) is 5.91 Å². The van der Waals surface area contributed by atoms with E-state index in [2.05, 4.69) is 22.9 Å². The van der Waals surface area contributed by atoms with E-state index in [0.29, 0.717) is 12.5 Å². The van der Waals surface area contributed by atoms with Crippen LogP contribution in [0.2, 0.25) is 0 Å². The summed E-state index contributed by atoms with van der Waals surface area (Å²) in [5.74, 6) is 1.35. The molecule has 1 aliphatic carbocycles. The number of alkyl halides is 1. The fourth-order valence-corrected chi connectivity index (χ4v) is 3.14. The fraction of sp³-hybridized carbons (Fsp3) is 0.923. The lowest BCUT2D eigenvalue weighted by atomic mass is 9.82. The van der Waals surface area contributed by atoms with Gasteiger partial charge in [0.15, 0.2) is 0 Å². The molecule has 1 rings (SSSR count). The Balaban J connectivity index is 2.35. The number of hydrogen-bond acceptors (Lipinski definition) is 2. The number of hydrogen-bond donors (Lipinski definition) is 0. The van der Waals surface area contributed by atoms with Crippen LogP contribution in [0.5, 0.6) is 0 Å². The second-order valence-corrected chi connectivity index (χ2v) is 6.52. The van der Waals surface area contributed by atoms with Crippen molar-refractivity contribution < 1.29 is 9.53 Å². The van der Waals surface area contributed by atoms with Gasteiger partial charge in [0.1, 0.15) is 0 Å². The molecule has 1 saturated carbocycles. The predicted molar refractivity (Wildman–Crippen MR) is 73.4 cm³/mol. The van der Waals surface area contributed by atoms with Gasteiger partial charge in [-0.3, -0.25) is 4.79 Å². The second-order valence-electron chi connectivity index (χ2n) is 5.23. The van der Waals surface area contributed by atoms with E-state index in [1.807, 2.05) is 11.9 Å². The van der Waals surface area contributed by atoms with Gasteiger partial charge in [-0.05, 0) is 31.6 Å². The van der Waals surface area contributed by atoms with Gasteiger partial charge in [-0.2, -0.15) is 0 Å². The Kier molecular flexibility index (Phi) is 6.49. The maximum Gasteiger partial charge on any atom is 0.225 e. The Hall–Kier alpha value is -0.0900. The van der Waals surface area contributed by atoms with Gasteiger partial charge in [0.05, 0.1) is 11.4 Å². The van der Waals surface area contributed by atoms with E-state index in [0.717, 1.165) is 25.3 Å². The molecule has 1 unspecified atom stereocenters. The molecule has 100 valence electrons. The molecule has 0 aromatic heterocycles. The summed E-state index contributed by atoms with van der Waals surface area (Å²) in [7, 11) is 3.57. The van der Waals surface area contributed by atoms with Gasteiger partial charge in [0, 0.05) is 26.6 Å². The molecule has 0 spiro atoms. The van der Waals surface area contributed by atoms with Gasteiger partial charge in [-0.1, -0.05) is 22.9 Å². The van der Waals surface area contributed by atoms with Crippen LogP contribution in [0.15, 0.2) is 0 Å². The van der Waals surface area contributed by atoms with E-state index in [1.165, 1.54) is 12.8 Å². The third-order valence-corrected chi connectivity index (χ3v) is 4.11. The first-order chi connectivity index (χ1) is 8.04. The maximum absolute atomic E-state index is 12.2. The van der Waals surface area contributed by atoms with Gasteiger partial charge < -0.3 is 9.64 Å². The number of amides is 1. The number of halogens is 1. The number of methoxy groups -OCH3 is 1. The minimum absolute atomic E-state index is 0.226. The van der Waals surface area contributed by atoms with Crippen LogP contribution < -0.4 is 0 Å². The fourth-order valence-electron chi connectivity index (χ4n) is 2.44. The third kappa shape index (κ3) is 4.96. The highest BCUT2D eigenvalue weighted by Gasteiger charge is 2.27. The molecule has 1 fully saturated rings. The Morgan fingerprint density at radius 3 is 2.53 bits per heavy atom. The van der Waals surface area contributed by atoms with Crippen molar-refractivity contribution >= 4 is 21.8 Å². The number of carbonyl (C=O) groups is 1. The quantitative estimate of drug-likeness (QED) is 0.731. The van der Waals surface area contributed by atoms with Crippen molar-refractivity contribution in [1.29, 1.82) is 0 Å². The summed E-state index contributed by atoms with van der Waals surface area (Å²) in [6.45, 7) is 3.63. The Morgan fingerprint density at radius 1 is 1.41 bits per heavy atom. The van der Waals surface area contributed by atoms with Gasteiger partial charge in [-0.25, -0.2) is 0 Å². The van der Waals surface area contributed by atoms with Crippen LogP contribution in [0.25, 0.3) is 0 Å². The highest BCUT2D eigenvalue weighted by molar-refractivity contribution is 9.09. The summed E-state index contributed by atoms with van der Waals surface area (Å²) >= 11 is 3.52. The average Bonchev–Trinajstić information content (AvgIpc) is 2.29. The van der Waals surface area contributed by atoms with Crippen LogP contribution >= 0.6 is 15.9 Å². The lowest BCUT2D eigenvalue weighted by Gasteiger charge is -2.29. The van der Waals surface area contributed by atoms with E-state index in [-0.39, 0.29) is 10.7 Å². The monoisotopic (exact) mass is 305 g/mol. The summed E-state index contributed by atoms with van der Waals surface area (Å²) < 4.78 is 5.06. The van der Waals surface area contributed by atoms with Gasteiger partial charge in [0.25, 0.3) is 0 Å². The number of nitrogens with zero attached hydrogens (tertiary/aromatic N) is 1. The largest absolute Gasteiger partial charge is 0.383 e. The average molecular weight is 306 g/mol. The Bertz CT molecular complexity index is 240. The zero-order valence-electron chi connectivity index (χ0n) is 11.1. The number of rotatable bonds is 5. The van der Waals surface area contributed by atoms with Crippen LogP contribution in [0.1, 0.15) is 32.6 Å². The molecular formula is C13H24BrNO2. The van der Waals surface area contributed by atoms with Gasteiger partial charge >= 0.3 is 0 Å². The van der Waals surface area contributed by atoms with Crippen molar-refractivity contribution in [2.24, 2.45) is 11.8 Å². The molecular weight excluding hydrogens is 282 g/mol. The van der Waals surface area contributed by atoms with E-state index in [9.17, 15) is 4.79 Å². The van der Waals surface area contributed by atoms with Crippen LogP contribution in [-0.2, 0) is 9.53 Å². The predicted octanol–water partition coefficient (Wildman–Crippen LogP) is 2.68. The van der Waals surface area contributed by atoms with Crippen molar-refractivity contribution in [1.82, 2.24) is 4.90 Å². The number of ether oxygens (including phenoxy) is 1.